The summed E-state index contributed by atoms with van der Waals surface area (Å²) in [6.45, 7) is 0.302. The van der Waals surface area contributed by atoms with Crippen LogP contribution in [0.4, 0.5) is 0 Å². The van der Waals surface area contributed by atoms with Crippen LogP contribution in [-0.2, 0) is 11.2 Å². The zero-order valence-corrected chi connectivity index (χ0v) is 8.98. The normalized spacial score (nSPS) is 18.2. The fourth-order valence-corrected chi connectivity index (χ4v) is 1.93. The summed E-state index contributed by atoms with van der Waals surface area (Å²) in [6, 6.07) is 5.62. The van der Waals surface area contributed by atoms with Gasteiger partial charge in [-0.3, -0.25) is 4.79 Å². The molecule has 1 aromatic rings. The van der Waals surface area contributed by atoms with Crippen LogP contribution in [0, 0.1) is 0 Å². The van der Waals surface area contributed by atoms with Gasteiger partial charge in [0.2, 0.25) is 5.91 Å². The highest BCUT2D eigenvalue weighted by molar-refractivity contribution is 5.73. The number of hydrogen-bond acceptors (Lipinski definition) is 3. The highest BCUT2D eigenvalue weighted by Gasteiger charge is 2.20. The van der Waals surface area contributed by atoms with Gasteiger partial charge in [0.15, 0.2) is 0 Å². The van der Waals surface area contributed by atoms with Gasteiger partial charge >= 0.3 is 0 Å². The molecule has 1 aliphatic rings. The third-order valence-electron chi connectivity index (χ3n) is 2.78. The molecular formula is C12H15NO3. The minimum Gasteiger partial charge on any atom is -0.493 e. The molecule has 0 radical (unpaired) electrons. The zero-order chi connectivity index (χ0) is 11.5. The van der Waals surface area contributed by atoms with Gasteiger partial charge in [0.05, 0.1) is 19.1 Å². The largest absolute Gasteiger partial charge is 0.493 e. The average molecular weight is 221 g/mol. The molecule has 1 aliphatic carbocycles. The summed E-state index contributed by atoms with van der Waals surface area (Å²) in [6.07, 6.45) is 1.54. The minimum absolute atomic E-state index is 0.222. The molecule has 1 amide bonds. The average Bonchev–Trinajstić information content (AvgIpc) is 2.60. The number of aryl methyl sites for hydroxylation is 1. The highest BCUT2D eigenvalue weighted by atomic mass is 16.5. The molecule has 2 rings (SSSR count). The van der Waals surface area contributed by atoms with Crippen LogP contribution in [0.5, 0.6) is 5.75 Å². The van der Waals surface area contributed by atoms with E-state index in [0.717, 1.165) is 29.7 Å². The topological polar surface area (TPSA) is 72.6 Å². The first-order chi connectivity index (χ1) is 7.66. The van der Waals surface area contributed by atoms with Crippen molar-refractivity contribution in [2.75, 3.05) is 6.61 Å². The zero-order valence-electron chi connectivity index (χ0n) is 8.98. The summed E-state index contributed by atoms with van der Waals surface area (Å²) in [5.74, 6) is 0.366. The van der Waals surface area contributed by atoms with Gasteiger partial charge in [-0.25, -0.2) is 0 Å². The van der Waals surface area contributed by atoms with E-state index in [9.17, 15) is 9.90 Å². The molecule has 1 atom stereocenters. The summed E-state index contributed by atoms with van der Waals surface area (Å²) in [5, 5.41) is 9.62. The predicted molar refractivity (Wildman–Crippen MR) is 59.0 cm³/mol. The van der Waals surface area contributed by atoms with E-state index in [1.165, 1.54) is 0 Å². The molecule has 0 spiro atoms. The number of rotatable bonds is 4. The van der Waals surface area contributed by atoms with Gasteiger partial charge < -0.3 is 15.6 Å². The molecule has 0 unspecified atom stereocenters. The number of aliphatic hydroxyl groups excluding tert-OH is 1. The van der Waals surface area contributed by atoms with Crippen LogP contribution in [0.2, 0.25) is 0 Å². The lowest BCUT2D eigenvalue weighted by molar-refractivity contribution is -0.118. The Hall–Kier alpha value is -1.55. The first kappa shape index (κ1) is 11.0. The lowest BCUT2D eigenvalue weighted by Gasteiger charge is -2.08. The Morgan fingerprint density at radius 2 is 2.38 bits per heavy atom. The van der Waals surface area contributed by atoms with E-state index in [2.05, 4.69) is 0 Å². The van der Waals surface area contributed by atoms with Crippen molar-refractivity contribution in [1.29, 1.82) is 0 Å². The number of nitrogens with two attached hydrogens (primary N) is 1. The summed E-state index contributed by atoms with van der Waals surface area (Å²) in [5.41, 5.74) is 7.13. The monoisotopic (exact) mass is 221 g/mol. The summed E-state index contributed by atoms with van der Waals surface area (Å²) in [4.78, 5) is 10.5. The lowest BCUT2D eigenvalue weighted by atomic mass is 10.1. The molecule has 0 aliphatic heterocycles. The first-order valence-electron chi connectivity index (χ1n) is 5.39. The van der Waals surface area contributed by atoms with Crippen molar-refractivity contribution in [1.82, 2.24) is 0 Å². The molecular weight excluding hydrogens is 206 g/mol. The number of benzene rings is 1. The van der Waals surface area contributed by atoms with E-state index in [-0.39, 0.29) is 18.4 Å². The number of carbonyl (C=O) groups is 1. The Morgan fingerprint density at radius 1 is 1.56 bits per heavy atom. The second-order valence-electron chi connectivity index (χ2n) is 3.98. The van der Waals surface area contributed by atoms with Gasteiger partial charge in [-0.15, -0.1) is 0 Å². The molecule has 0 aromatic heterocycles. The number of carbonyl (C=O) groups excluding carboxylic acids is 1. The molecule has 1 aromatic carbocycles. The fraction of sp³-hybridized carbons (Fsp3) is 0.417. The lowest BCUT2D eigenvalue weighted by Crippen LogP contribution is -2.14. The second-order valence-corrected chi connectivity index (χ2v) is 3.98. The van der Waals surface area contributed by atoms with Gasteiger partial charge in [-0.2, -0.15) is 0 Å². The molecule has 0 saturated carbocycles. The standard InChI is InChI=1S/C12H15NO3/c13-12(15)5-6-16-9-2-3-10-8(7-9)1-4-11(10)14/h2-3,7,11,14H,1,4-6H2,(H2,13,15)/t11-/m0/s1. The highest BCUT2D eigenvalue weighted by Crippen LogP contribution is 2.33. The van der Waals surface area contributed by atoms with Crippen LogP contribution in [0.1, 0.15) is 30.1 Å². The molecule has 4 nitrogen and oxygen atoms in total. The summed E-state index contributed by atoms with van der Waals surface area (Å²) < 4.78 is 5.39. The smallest absolute Gasteiger partial charge is 0.220 e. The van der Waals surface area contributed by atoms with Crippen LogP contribution in [0.25, 0.3) is 0 Å². The molecule has 0 saturated heterocycles. The predicted octanol–water partition coefficient (Wildman–Crippen LogP) is 0.920. The second kappa shape index (κ2) is 4.53. The minimum atomic E-state index is -0.364. The van der Waals surface area contributed by atoms with Crippen molar-refractivity contribution < 1.29 is 14.6 Å². The first-order valence-corrected chi connectivity index (χ1v) is 5.39. The number of fused-ring (bicyclic) bond motifs is 1. The number of amides is 1. The van der Waals surface area contributed by atoms with Gasteiger partial charge in [-0.05, 0) is 36.1 Å². The molecule has 0 heterocycles. The van der Waals surface area contributed by atoms with Crippen molar-refractivity contribution in [3.8, 4) is 5.75 Å². The Morgan fingerprint density at radius 3 is 3.12 bits per heavy atom. The van der Waals surface area contributed by atoms with Crippen molar-refractivity contribution in [2.45, 2.75) is 25.4 Å². The maximum Gasteiger partial charge on any atom is 0.220 e. The summed E-state index contributed by atoms with van der Waals surface area (Å²) >= 11 is 0. The van der Waals surface area contributed by atoms with E-state index in [1.807, 2.05) is 18.2 Å². The van der Waals surface area contributed by atoms with Crippen LogP contribution in [0.3, 0.4) is 0 Å². The van der Waals surface area contributed by atoms with Crippen molar-refractivity contribution in [2.24, 2.45) is 5.73 Å². The third kappa shape index (κ3) is 2.33. The molecule has 86 valence electrons. The molecule has 3 N–H and O–H groups in total. The Balaban J connectivity index is 1.99. The summed E-state index contributed by atoms with van der Waals surface area (Å²) in [7, 11) is 0. The SMILES string of the molecule is NC(=O)CCOc1ccc2c(c1)CC[C@@H]2O. The molecule has 0 bridgehead atoms. The van der Waals surface area contributed by atoms with Crippen LogP contribution < -0.4 is 10.5 Å². The third-order valence-corrected chi connectivity index (χ3v) is 2.78. The van der Waals surface area contributed by atoms with Crippen LogP contribution >= 0.6 is 0 Å². The number of ether oxygens (including phenoxy) is 1. The van der Waals surface area contributed by atoms with Crippen LogP contribution in [-0.4, -0.2) is 17.6 Å². The number of hydrogen-bond donors (Lipinski definition) is 2. The Bertz CT molecular complexity index is 403. The van der Waals surface area contributed by atoms with Crippen molar-refractivity contribution in [3.63, 3.8) is 0 Å². The van der Waals surface area contributed by atoms with E-state index < -0.39 is 0 Å². The van der Waals surface area contributed by atoms with E-state index in [1.54, 1.807) is 0 Å². The van der Waals surface area contributed by atoms with E-state index >= 15 is 0 Å². The number of aliphatic hydroxyl groups is 1. The van der Waals surface area contributed by atoms with Crippen molar-refractivity contribution >= 4 is 5.91 Å². The van der Waals surface area contributed by atoms with E-state index in [0.29, 0.717) is 6.61 Å². The fourth-order valence-electron chi connectivity index (χ4n) is 1.93. The molecule has 16 heavy (non-hydrogen) atoms. The van der Waals surface area contributed by atoms with Gasteiger partial charge in [0.25, 0.3) is 0 Å². The van der Waals surface area contributed by atoms with E-state index in [4.69, 9.17) is 10.5 Å². The quantitative estimate of drug-likeness (QED) is 0.794. The maximum atomic E-state index is 10.5. The van der Waals surface area contributed by atoms with Gasteiger partial charge in [0.1, 0.15) is 5.75 Å². The molecule has 0 fully saturated rings. The Labute approximate surface area is 94.0 Å². The van der Waals surface area contributed by atoms with Crippen LogP contribution in [0.15, 0.2) is 18.2 Å². The van der Waals surface area contributed by atoms with Crippen molar-refractivity contribution in [3.05, 3.63) is 29.3 Å². The Kier molecular flexibility index (Phi) is 3.10. The van der Waals surface area contributed by atoms with Gasteiger partial charge in [0, 0.05) is 0 Å². The maximum absolute atomic E-state index is 10.5. The molecule has 4 heteroatoms. The number of primary amides is 1. The van der Waals surface area contributed by atoms with Gasteiger partial charge in [-0.1, -0.05) is 6.07 Å².